The number of benzene rings is 1. The molecule has 0 aliphatic rings. The summed E-state index contributed by atoms with van der Waals surface area (Å²) in [7, 11) is 2.05. The van der Waals surface area contributed by atoms with Gasteiger partial charge < -0.3 is 0 Å². The molecule has 1 aromatic rings. The van der Waals surface area contributed by atoms with Crippen LogP contribution in [0.25, 0.3) is 0 Å². The molecule has 0 spiro atoms. The van der Waals surface area contributed by atoms with E-state index in [2.05, 4.69) is 24.0 Å². The van der Waals surface area contributed by atoms with Crippen LogP contribution in [0.1, 0.15) is 24.4 Å². The Morgan fingerprint density at radius 2 is 1.92 bits per heavy atom. The minimum Gasteiger partial charge on any atom is -0.287 e. The highest BCUT2D eigenvalue weighted by Crippen LogP contribution is 2.22. The second kappa shape index (κ2) is 5.25. The lowest BCUT2D eigenvalue weighted by atomic mass is 10.2. The molecule has 0 heterocycles. The third-order valence-electron chi connectivity index (χ3n) is 2.04. The summed E-state index contributed by atoms with van der Waals surface area (Å²) in [4.78, 5) is 2.15. The van der Waals surface area contributed by atoms with Crippen molar-refractivity contribution < 1.29 is 0 Å². The first kappa shape index (κ1) is 10.6. The van der Waals surface area contributed by atoms with E-state index in [1.165, 1.54) is 5.56 Å². The SMILES string of the molecule is CCCN(C)C(Cl)c1ccccc1. The zero-order valence-electron chi connectivity index (χ0n) is 8.20. The highest BCUT2D eigenvalue weighted by Gasteiger charge is 2.11. The fraction of sp³-hybridized carbons (Fsp3) is 0.455. The topological polar surface area (TPSA) is 3.24 Å². The third-order valence-corrected chi connectivity index (χ3v) is 2.62. The van der Waals surface area contributed by atoms with Crippen LogP contribution in [0.15, 0.2) is 30.3 Å². The highest BCUT2D eigenvalue weighted by atomic mass is 35.5. The predicted octanol–water partition coefficient (Wildman–Crippen LogP) is 3.27. The molecular formula is C11H16ClN. The Hall–Kier alpha value is -0.530. The summed E-state index contributed by atoms with van der Waals surface area (Å²) in [6, 6.07) is 10.2. The molecule has 1 rings (SSSR count). The van der Waals surface area contributed by atoms with Gasteiger partial charge in [-0.3, -0.25) is 4.90 Å². The van der Waals surface area contributed by atoms with Gasteiger partial charge in [-0.1, -0.05) is 37.3 Å². The fourth-order valence-corrected chi connectivity index (χ4v) is 1.58. The molecule has 1 atom stereocenters. The summed E-state index contributed by atoms with van der Waals surface area (Å²) < 4.78 is 0. The summed E-state index contributed by atoms with van der Waals surface area (Å²) in [6.07, 6.45) is 1.13. The van der Waals surface area contributed by atoms with Gasteiger partial charge in [0.2, 0.25) is 0 Å². The summed E-state index contributed by atoms with van der Waals surface area (Å²) >= 11 is 6.26. The lowest BCUT2D eigenvalue weighted by Gasteiger charge is -2.22. The first-order valence-corrected chi connectivity index (χ1v) is 5.08. The normalized spacial score (nSPS) is 13.2. The number of hydrogen-bond donors (Lipinski definition) is 0. The molecule has 0 aromatic heterocycles. The van der Waals surface area contributed by atoms with Crippen LogP contribution in [0.3, 0.4) is 0 Å². The van der Waals surface area contributed by atoms with Crippen molar-refractivity contribution in [2.45, 2.75) is 18.8 Å². The fourth-order valence-electron chi connectivity index (χ4n) is 1.33. The van der Waals surface area contributed by atoms with E-state index < -0.39 is 0 Å². The summed E-state index contributed by atoms with van der Waals surface area (Å²) in [6.45, 7) is 3.19. The second-order valence-electron chi connectivity index (χ2n) is 3.23. The lowest BCUT2D eigenvalue weighted by Crippen LogP contribution is -2.21. The van der Waals surface area contributed by atoms with Crippen molar-refractivity contribution in [1.82, 2.24) is 4.90 Å². The predicted molar refractivity (Wildman–Crippen MR) is 58.0 cm³/mol. The molecule has 0 N–H and O–H groups in total. The van der Waals surface area contributed by atoms with E-state index in [-0.39, 0.29) is 5.50 Å². The van der Waals surface area contributed by atoms with Crippen molar-refractivity contribution >= 4 is 11.6 Å². The van der Waals surface area contributed by atoms with E-state index in [0.29, 0.717) is 0 Å². The molecule has 1 aromatic carbocycles. The van der Waals surface area contributed by atoms with E-state index in [0.717, 1.165) is 13.0 Å². The van der Waals surface area contributed by atoms with Gasteiger partial charge in [-0.05, 0) is 25.6 Å². The van der Waals surface area contributed by atoms with E-state index in [1.807, 2.05) is 25.2 Å². The van der Waals surface area contributed by atoms with Crippen LogP contribution in [0.4, 0.5) is 0 Å². The molecule has 2 heteroatoms. The lowest BCUT2D eigenvalue weighted by molar-refractivity contribution is 0.313. The zero-order chi connectivity index (χ0) is 9.68. The summed E-state index contributed by atoms with van der Waals surface area (Å²) in [5.74, 6) is 0. The average Bonchev–Trinajstić information content (AvgIpc) is 2.18. The number of nitrogens with zero attached hydrogens (tertiary/aromatic N) is 1. The number of rotatable bonds is 4. The second-order valence-corrected chi connectivity index (χ2v) is 3.64. The molecule has 13 heavy (non-hydrogen) atoms. The van der Waals surface area contributed by atoms with E-state index in [1.54, 1.807) is 0 Å². The minimum absolute atomic E-state index is 0.00106. The molecule has 1 unspecified atom stereocenters. The van der Waals surface area contributed by atoms with Crippen molar-refractivity contribution in [1.29, 1.82) is 0 Å². The molecular weight excluding hydrogens is 182 g/mol. The average molecular weight is 198 g/mol. The maximum atomic E-state index is 6.26. The zero-order valence-corrected chi connectivity index (χ0v) is 8.96. The van der Waals surface area contributed by atoms with Gasteiger partial charge in [0.05, 0.1) is 0 Å². The molecule has 0 radical (unpaired) electrons. The van der Waals surface area contributed by atoms with Crippen LogP contribution < -0.4 is 0 Å². The Morgan fingerprint density at radius 1 is 1.31 bits per heavy atom. The summed E-state index contributed by atoms with van der Waals surface area (Å²) in [5.41, 5.74) is 1.17. The number of hydrogen-bond acceptors (Lipinski definition) is 1. The van der Waals surface area contributed by atoms with Crippen molar-refractivity contribution in [3.8, 4) is 0 Å². The number of alkyl halides is 1. The van der Waals surface area contributed by atoms with Crippen molar-refractivity contribution in [2.75, 3.05) is 13.6 Å². The van der Waals surface area contributed by atoms with Crippen LogP contribution in [-0.4, -0.2) is 18.5 Å². The molecule has 0 saturated heterocycles. The largest absolute Gasteiger partial charge is 0.287 e. The van der Waals surface area contributed by atoms with Crippen molar-refractivity contribution in [3.63, 3.8) is 0 Å². The van der Waals surface area contributed by atoms with Gasteiger partial charge in [-0.25, -0.2) is 0 Å². The Labute approximate surface area is 85.3 Å². The van der Waals surface area contributed by atoms with Gasteiger partial charge in [0.1, 0.15) is 5.50 Å². The van der Waals surface area contributed by atoms with Gasteiger partial charge in [0.15, 0.2) is 0 Å². The highest BCUT2D eigenvalue weighted by molar-refractivity contribution is 6.20. The van der Waals surface area contributed by atoms with Gasteiger partial charge >= 0.3 is 0 Å². The van der Waals surface area contributed by atoms with Gasteiger partial charge in [0.25, 0.3) is 0 Å². The van der Waals surface area contributed by atoms with Crippen LogP contribution in [-0.2, 0) is 0 Å². The van der Waals surface area contributed by atoms with Gasteiger partial charge in [-0.2, -0.15) is 0 Å². The molecule has 0 saturated carbocycles. The first-order chi connectivity index (χ1) is 6.25. The summed E-state index contributed by atoms with van der Waals surface area (Å²) in [5, 5.41) is 0. The van der Waals surface area contributed by atoms with Gasteiger partial charge in [-0.15, -0.1) is 11.6 Å². The molecule has 0 fully saturated rings. The standard InChI is InChI=1S/C11H16ClN/c1-3-9-13(2)11(12)10-7-5-4-6-8-10/h4-8,11H,3,9H2,1-2H3. The van der Waals surface area contributed by atoms with Crippen molar-refractivity contribution in [2.24, 2.45) is 0 Å². The van der Waals surface area contributed by atoms with Crippen molar-refractivity contribution in [3.05, 3.63) is 35.9 Å². The van der Waals surface area contributed by atoms with Crippen LogP contribution >= 0.6 is 11.6 Å². The van der Waals surface area contributed by atoms with Crippen LogP contribution in [0, 0.1) is 0 Å². The Morgan fingerprint density at radius 3 is 2.46 bits per heavy atom. The molecule has 0 aliphatic heterocycles. The molecule has 0 amide bonds. The van der Waals surface area contributed by atoms with Gasteiger partial charge in [0, 0.05) is 0 Å². The Kier molecular flexibility index (Phi) is 4.26. The maximum Gasteiger partial charge on any atom is 0.110 e. The molecule has 0 aliphatic carbocycles. The quantitative estimate of drug-likeness (QED) is 0.529. The molecule has 72 valence electrons. The smallest absolute Gasteiger partial charge is 0.110 e. The van der Waals surface area contributed by atoms with Crippen LogP contribution in [0.2, 0.25) is 0 Å². The first-order valence-electron chi connectivity index (χ1n) is 4.65. The monoisotopic (exact) mass is 197 g/mol. The Balaban J connectivity index is 2.62. The number of halogens is 1. The van der Waals surface area contributed by atoms with E-state index in [9.17, 15) is 0 Å². The molecule has 0 bridgehead atoms. The minimum atomic E-state index is 0.00106. The van der Waals surface area contributed by atoms with E-state index >= 15 is 0 Å². The maximum absolute atomic E-state index is 6.26. The molecule has 1 nitrogen and oxygen atoms in total. The van der Waals surface area contributed by atoms with Crippen LogP contribution in [0.5, 0.6) is 0 Å². The Bertz CT molecular complexity index is 235. The third kappa shape index (κ3) is 3.02. The van der Waals surface area contributed by atoms with E-state index in [4.69, 9.17) is 11.6 Å².